The van der Waals surface area contributed by atoms with Crippen LogP contribution in [0.1, 0.15) is 41.6 Å². The van der Waals surface area contributed by atoms with E-state index in [0.717, 1.165) is 18.7 Å². The van der Waals surface area contributed by atoms with Gasteiger partial charge in [-0.15, -0.1) is 0 Å². The Labute approximate surface area is 147 Å². The van der Waals surface area contributed by atoms with Crippen molar-refractivity contribution in [1.82, 2.24) is 19.9 Å². The van der Waals surface area contributed by atoms with Gasteiger partial charge in [0.05, 0.1) is 5.56 Å². The van der Waals surface area contributed by atoms with Gasteiger partial charge in [0.1, 0.15) is 0 Å². The monoisotopic (exact) mass is 337 g/mol. The highest BCUT2D eigenvalue weighted by Crippen LogP contribution is 2.34. The molecule has 6 heteroatoms. The lowest BCUT2D eigenvalue weighted by atomic mass is 9.84. The van der Waals surface area contributed by atoms with Gasteiger partial charge in [0.25, 0.3) is 5.91 Å². The molecule has 0 atom stereocenters. The van der Waals surface area contributed by atoms with Gasteiger partial charge in [-0.1, -0.05) is 6.07 Å². The van der Waals surface area contributed by atoms with Crippen LogP contribution in [0, 0.1) is 11.8 Å². The third-order valence-electron chi connectivity index (χ3n) is 5.28. The molecule has 1 aliphatic carbocycles. The van der Waals surface area contributed by atoms with E-state index in [1.54, 1.807) is 24.8 Å². The fourth-order valence-electron chi connectivity index (χ4n) is 3.86. The van der Waals surface area contributed by atoms with Crippen molar-refractivity contribution < 1.29 is 4.79 Å². The van der Waals surface area contributed by atoms with Crippen LogP contribution in [0.2, 0.25) is 0 Å². The lowest BCUT2D eigenvalue weighted by Crippen LogP contribution is -2.34. The molecule has 1 amide bonds. The van der Waals surface area contributed by atoms with Gasteiger partial charge in [-0.05, 0) is 49.1 Å². The highest BCUT2D eigenvalue weighted by atomic mass is 16.2. The molecule has 3 fully saturated rings. The van der Waals surface area contributed by atoms with E-state index in [4.69, 9.17) is 0 Å². The fraction of sp³-hybridized carbons (Fsp3) is 0.474. The molecule has 6 nitrogen and oxygen atoms in total. The SMILES string of the molecule is O=C(c1cnc(NCc2cccnc2)nc1)N1CC2CCC(CC2)C1. The second-order valence-corrected chi connectivity index (χ2v) is 7.11. The van der Waals surface area contributed by atoms with Crippen LogP contribution in [0.3, 0.4) is 0 Å². The van der Waals surface area contributed by atoms with Crippen LogP contribution in [0.4, 0.5) is 5.95 Å². The smallest absolute Gasteiger partial charge is 0.257 e. The molecule has 2 aromatic heterocycles. The van der Waals surface area contributed by atoms with Gasteiger partial charge in [0.2, 0.25) is 5.95 Å². The van der Waals surface area contributed by atoms with E-state index < -0.39 is 0 Å². The van der Waals surface area contributed by atoms with Crippen molar-refractivity contribution in [2.75, 3.05) is 18.4 Å². The van der Waals surface area contributed by atoms with E-state index in [1.165, 1.54) is 25.7 Å². The first-order valence-corrected chi connectivity index (χ1v) is 9.02. The quantitative estimate of drug-likeness (QED) is 0.929. The molecule has 2 saturated heterocycles. The molecule has 0 spiro atoms. The molecule has 5 rings (SSSR count). The number of carbonyl (C=O) groups is 1. The van der Waals surface area contributed by atoms with Gasteiger partial charge < -0.3 is 10.2 Å². The number of nitrogens with zero attached hydrogens (tertiary/aromatic N) is 4. The number of rotatable bonds is 4. The largest absolute Gasteiger partial charge is 0.350 e. The maximum absolute atomic E-state index is 12.8. The number of amides is 1. The topological polar surface area (TPSA) is 71.0 Å². The maximum atomic E-state index is 12.8. The van der Waals surface area contributed by atoms with Crippen molar-refractivity contribution in [3.63, 3.8) is 0 Å². The van der Waals surface area contributed by atoms with Crippen LogP contribution in [0.25, 0.3) is 0 Å². The molecule has 1 saturated carbocycles. The normalized spacial score (nSPS) is 22.5. The second-order valence-electron chi connectivity index (χ2n) is 7.11. The number of hydrogen-bond donors (Lipinski definition) is 1. The predicted octanol–water partition coefficient (Wildman–Crippen LogP) is 2.75. The number of fused-ring (bicyclic) bond motifs is 4. The van der Waals surface area contributed by atoms with Crippen molar-refractivity contribution >= 4 is 11.9 Å². The number of nitrogens with one attached hydrogen (secondary N) is 1. The Bertz CT molecular complexity index is 696. The van der Waals surface area contributed by atoms with Crippen LogP contribution >= 0.6 is 0 Å². The molecule has 1 N–H and O–H groups in total. The molecule has 4 heterocycles. The molecule has 130 valence electrons. The minimum absolute atomic E-state index is 0.0672. The van der Waals surface area contributed by atoms with E-state index in [0.29, 0.717) is 29.9 Å². The third-order valence-corrected chi connectivity index (χ3v) is 5.28. The number of pyridine rings is 1. The third kappa shape index (κ3) is 3.78. The molecule has 0 radical (unpaired) electrons. The zero-order chi connectivity index (χ0) is 17.1. The summed E-state index contributed by atoms with van der Waals surface area (Å²) in [5.41, 5.74) is 1.64. The van der Waals surface area contributed by atoms with Gasteiger partial charge in [-0.2, -0.15) is 0 Å². The van der Waals surface area contributed by atoms with E-state index >= 15 is 0 Å². The standard InChI is InChI=1S/C19H23N5O/c25-18(24-12-14-3-4-15(13-24)6-5-14)17-10-22-19(23-11-17)21-9-16-2-1-7-20-8-16/h1-2,7-8,10-11,14-15H,3-6,9,12-13H2,(H,21,22,23). The Balaban J connectivity index is 1.38. The molecule has 0 aromatic carbocycles. The first-order valence-electron chi connectivity index (χ1n) is 9.02. The maximum Gasteiger partial charge on any atom is 0.257 e. The van der Waals surface area contributed by atoms with Gasteiger partial charge >= 0.3 is 0 Å². The molecule has 3 aliphatic rings. The van der Waals surface area contributed by atoms with Crippen molar-refractivity contribution in [2.24, 2.45) is 11.8 Å². The summed E-state index contributed by atoms with van der Waals surface area (Å²) in [6.45, 7) is 2.38. The zero-order valence-corrected chi connectivity index (χ0v) is 14.3. The summed E-state index contributed by atoms with van der Waals surface area (Å²) in [5.74, 6) is 1.93. The first-order chi connectivity index (χ1) is 12.3. The Morgan fingerprint density at radius 3 is 2.36 bits per heavy atom. The highest BCUT2D eigenvalue weighted by molar-refractivity contribution is 5.93. The van der Waals surface area contributed by atoms with Crippen LogP contribution in [-0.4, -0.2) is 38.8 Å². The number of carbonyl (C=O) groups excluding carboxylic acids is 1. The van der Waals surface area contributed by atoms with Crippen LogP contribution < -0.4 is 5.32 Å². The Kier molecular flexibility index (Phi) is 4.59. The summed E-state index contributed by atoms with van der Waals surface area (Å²) in [6, 6.07) is 3.89. The molecule has 2 aliphatic heterocycles. The average molecular weight is 337 g/mol. The fourth-order valence-corrected chi connectivity index (χ4v) is 3.86. The molecule has 0 unspecified atom stereocenters. The van der Waals surface area contributed by atoms with Gasteiger partial charge in [-0.3, -0.25) is 9.78 Å². The molecular weight excluding hydrogens is 314 g/mol. The van der Waals surface area contributed by atoms with Crippen LogP contribution in [0.15, 0.2) is 36.9 Å². The summed E-state index contributed by atoms with van der Waals surface area (Å²) >= 11 is 0. The molecule has 2 bridgehead atoms. The summed E-state index contributed by atoms with van der Waals surface area (Å²) in [4.78, 5) is 27.5. The van der Waals surface area contributed by atoms with E-state index in [1.807, 2.05) is 17.0 Å². The second kappa shape index (κ2) is 7.17. The molecule has 2 aromatic rings. The van der Waals surface area contributed by atoms with Gasteiger partial charge in [0.15, 0.2) is 0 Å². The zero-order valence-electron chi connectivity index (χ0n) is 14.3. The number of aromatic nitrogens is 3. The average Bonchev–Trinajstić information content (AvgIpc) is 3.01. The number of anilines is 1. The first kappa shape index (κ1) is 16.0. The number of hydrogen-bond acceptors (Lipinski definition) is 5. The Morgan fingerprint density at radius 1 is 1.08 bits per heavy atom. The summed E-state index contributed by atoms with van der Waals surface area (Å²) in [5, 5.41) is 3.15. The van der Waals surface area contributed by atoms with Crippen molar-refractivity contribution in [2.45, 2.75) is 32.2 Å². The Hall–Kier alpha value is -2.50. The van der Waals surface area contributed by atoms with E-state index in [-0.39, 0.29) is 5.91 Å². The van der Waals surface area contributed by atoms with Crippen molar-refractivity contribution in [3.05, 3.63) is 48.0 Å². The minimum Gasteiger partial charge on any atom is -0.350 e. The van der Waals surface area contributed by atoms with Crippen LogP contribution in [-0.2, 0) is 6.54 Å². The lowest BCUT2D eigenvalue weighted by molar-refractivity contribution is 0.0739. The van der Waals surface area contributed by atoms with E-state index in [2.05, 4.69) is 20.3 Å². The lowest BCUT2D eigenvalue weighted by Gasteiger charge is -2.22. The van der Waals surface area contributed by atoms with Crippen LogP contribution in [0.5, 0.6) is 0 Å². The molecular formula is C19H23N5O. The Morgan fingerprint density at radius 2 is 1.76 bits per heavy atom. The van der Waals surface area contributed by atoms with E-state index in [9.17, 15) is 4.79 Å². The van der Waals surface area contributed by atoms with Crippen molar-refractivity contribution in [1.29, 1.82) is 0 Å². The summed E-state index contributed by atoms with van der Waals surface area (Å²) < 4.78 is 0. The predicted molar refractivity (Wildman–Crippen MR) is 94.9 cm³/mol. The highest BCUT2D eigenvalue weighted by Gasteiger charge is 2.32. The van der Waals surface area contributed by atoms with Crippen molar-refractivity contribution in [3.8, 4) is 0 Å². The summed E-state index contributed by atoms with van der Waals surface area (Å²) in [7, 11) is 0. The van der Waals surface area contributed by atoms with Gasteiger partial charge in [0, 0.05) is 44.4 Å². The molecule has 25 heavy (non-hydrogen) atoms. The minimum atomic E-state index is 0.0672. The summed E-state index contributed by atoms with van der Waals surface area (Å²) in [6.07, 6.45) is 11.9. The van der Waals surface area contributed by atoms with Gasteiger partial charge in [-0.25, -0.2) is 9.97 Å².